The number of hydrogen-bond donors (Lipinski definition) is 5. The van der Waals surface area contributed by atoms with Crippen LogP contribution in [0.1, 0.15) is 76.5 Å². The van der Waals surface area contributed by atoms with E-state index in [9.17, 15) is 29.4 Å². The quantitative estimate of drug-likeness (QED) is 0.101. The molecule has 4 saturated heterocycles. The van der Waals surface area contributed by atoms with Crippen LogP contribution in [0.4, 0.5) is 0 Å². The van der Waals surface area contributed by atoms with E-state index in [0.29, 0.717) is 72.5 Å². The van der Waals surface area contributed by atoms with E-state index >= 15 is 0 Å². The number of fused-ring (bicyclic) bond motifs is 4. The van der Waals surface area contributed by atoms with Crippen LogP contribution in [0.2, 0.25) is 0 Å². The maximum Gasteiger partial charge on any atom is 0.317 e. The number of aliphatic hydroxyl groups is 1. The van der Waals surface area contributed by atoms with Gasteiger partial charge in [0.1, 0.15) is 11.9 Å². The highest BCUT2D eigenvalue weighted by Gasteiger charge is 2.47. The number of esters is 1. The zero-order valence-corrected chi connectivity index (χ0v) is 30.5. The summed E-state index contributed by atoms with van der Waals surface area (Å²) in [4.78, 5) is 58.8. The number of aromatic amines is 1. The first kappa shape index (κ1) is 37.3. The maximum atomic E-state index is 14.0. The Kier molecular flexibility index (Phi) is 11.4. The number of carbonyl (C=O) groups excluding carboxylic acids is 3. The topological polar surface area (TPSA) is 164 Å². The molecule has 5 heterocycles. The van der Waals surface area contributed by atoms with E-state index in [1.807, 2.05) is 30.3 Å². The first-order valence-corrected chi connectivity index (χ1v) is 19.1. The average molecular weight is 736 g/mol. The van der Waals surface area contributed by atoms with Crippen LogP contribution in [-0.2, 0) is 14.9 Å². The number of aromatic hydroxyl groups is 1. The molecule has 54 heavy (non-hydrogen) atoms. The number of pyridine rings is 1. The van der Waals surface area contributed by atoms with Gasteiger partial charge >= 0.3 is 5.97 Å². The lowest BCUT2D eigenvalue weighted by molar-refractivity contribution is -0.167. The molecule has 12 heteroatoms. The molecule has 4 aliphatic heterocycles. The number of phenolic OH excluding ortho intramolecular Hbond substituents is 1. The van der Waals surface area contributed by atoms with Gasteiger partial charge in [0.05, 0.1) is 17.0 Å². The third-order valence-electron chi connectivity index (χ3n) is 11.5. The molecule has 0 radical (unpaired) electrons. The lowest BCUT2D eigenvalue weighted by atomic mass is 9.72. The molecule has 284 valence electrons. The number of carbonyl (C=O) groups is 3. The van der Waals surface area contributed by atoms with Crippen LogP contribution in [0, 0.1) is 5.92 Å². The molecule has 0 spiro atoms. The molecular weight excluding hydrogens is 686 g/mol. The van der Waals surface area contributed by atoms with Crippen molar-refractivity contribution in [2.45, 2.75) is 56.1 Å². The summed E-state index contributed by atoms with van der Waals surface area (Å²) in [5.74, 6) is -0.155. The predicted octanol–water partition coefficient (Wildman–Crippen LogP) is 3.88. The maximum absolute atomic E-state index is 14.0. The molecule has 4 aliphatic rings. The molecule has 2 bridgehead atoms. The number of rotatable bonds is 13. The zero-order valence-electron chi connectivity index (χ0n) is 30.5. The van der Waals surface area contributed by atoms with Crippen LogP contribution in [0.5, 0.6) is 5.75 Å². The van der Waals surface area contributed by atoms with E-state index in [2.05, 4.69) is 20.5 Å². The van der Waals surface area contributed by atoms with Crippen molar-refractivity contribution in [3.63, 3.8) is 0 Å². The van der Waals surface area contributed by atoms with Gasteiger partial charge in [0.15, 0.2) is 0 Å². The number of H-pyrrole nitrogens is 1. The molecule has 0 aliphatic carbocycles. The Hall–Kier alpha value is -5.04. The predicted molar refractivity (Wildman–Crippen MR) is 204 cm³/mol. The van der Waals surface area contributed by atoms with Gasteiger partial charge in [-0.2, -0.15) is 0 Å². The van der Waals surface area contributed by atoms with Crippen LogP contribution in [-0.4, -0.2) is 101 Å². The molecule has 12 nitrogen and oxygen atoms in total. The molecule has 4 fully saturated rings. The third-order valence-corrected chi connectivity index (χ3v) is 11.5. The monoisotopic (exact) mass is 735 g/mol. The molecule has 1 aromatic heterocycles. The van der Waals surface area contributed by atoms with Crippen molar-refractivity contribution in [2.75, 3.05) is 52.4 Å². The van der Waals surface area contributed by atoms with Crippen molar-refractivity contribution in [1.29, 1.82) is 0 Å². The highest BCUT2D eigenvalue weighted by molar-refractivity contribution is 5.98. The summed E-state index contributed by atoms with van der Waals surface area (Å²) in [6.45, 7) is 5.19. The van der Waals surface area contributed by atoms with E-state index in [1.165, 1.54) is 12.1 Å². The summed E-state index contributed by atoms with van der Waals surface area (Å²) in [5.41, 5.74) is 1.67. The van der Waals surface area contributed by atoms with Crippen molar-refractivity contribution >= 4 is 28.7 Å². The van der Waals surface area contributed by atoms with Crippen molar-refractivity contribution in [3.8, 4) is 5.75 Å². The Morgan fingerprint density at radius 1 is 0.870 bits per heavy atom. The molecule has 5 N–H and O–H groups in total. The van der Waals surface area contributed by atoms with Crippen LogP contribution < -0.4 is 16.2 Å². The Morgan fingerprint density at radius 2 is 1.57 bits per heavy atom. The molecule has 8 rings (SSSR count). The highest BCUT2D eigenvalue weighted by Crippen LogP contribution is 2.39. The van der Waals surface area contributed by atoms with Crippen LogP contribution in [0.25, 0.3) is 10.9 Å². The second-order valence-electron chi connectivity index (χ2n) is 14.9. The average Bonchev–Trinajstić information content (AvgIpc) is 3.21. The molecule has 4 aromatic rings. The summed E-state index contributed by atoms with van der Waals surface area (Å²) in [6, 6.07) is 22.6. The number of piperidine rings is 4. The highest BCUT2D eigenvalue weighted by atomic mass is 16.5. The first-order chi connectivity index (χ1) is 26.2. The Morgan fingerprint density at radius 3 is 2.28 bits per heavy atom. The number of unbranched alkanes of at least 4 members (excludes halogenated alkanes) is 1. The standard InChI is InChI=1S/C42H49N5O7/c48-34-14-12-32(33-13-15-37(50)45-38(33)34)35(49)26-43-20-4-5-21-44-39(51)29-8-10-30(11-9-29)40(52)47-24-18-42(19-25-47,31-6-2-1-3-7-31)41(53)54-36-27-46-22-16-28(36)17-23-46/h1-3,6-15,28,35-36,43,48-49H,4-5,16-27H2,(H,44,51)(H,45,50)/t35-,36-/m0/s1. The van der Waals surface area contributed by atoms with Gasteiger partial charge < -0.3 is 35.5 Å². The summed E-state index contributed by atoms with van der Waals surface area (Å²) >= 11 is 0. The molecule has 0 unspecified atom stereocenters. The van der Waals surface area contributed by atoms with Gasteiger partial charge in [-0.1, -0.05) is 36.4 Å². The smallest absolute Gasteiger partial charge is 0.317 e. The van der Waals surface area contributed by atoms with Crippen LogP contribution >= 0.6 is 0 Å². The summed E-state index contributed by atoms with van der Waals surface area (Å²) in [5, 5.41) is 27.5. The second kappa shape index (κ2) is 16.5. The third kappa shape index (κ3) is 8.06. The minimum absolute atomic E-state index is 0.0541. The Balaban J connectivity index is 0.852. The summed E-state index contributed by atoms with van der Waals surface area (Å²) < 4.78 is 6.28. The number of amides is 2. The fourth-order valence-electron chi connectivity index (χ4n) is 8.28. The number of nitrogens with zero attached hydrogens (tertiary/aromatic N) is 2. The molecule has 2 atom stereocenters. The van der Waals surface area contributed by atoms with Gasteiger partial charge in [0.25, 0.3) is 11.8 Å². The minimum Gasteiger partial charge on any atom is -0.506 e. The SMILES string of the molecule is O=C(NCCCCNC[C@H](O)c1ccc(O)c2[nH]c(=O)ccc12)c1ccc(C(=O)N2CCC(C(=O)O[C@H]3CN4CCC3CC4)(c3ccccc3)CC2)cc1. The number of ether oxygens (including phenoxy) is 1. The van der Waals surface area contributed by atoms with Gasteiger partial charge in [-0.25, -0.2) is 0 Å². The van der Waals surface area contributed by atoms with E-state index < -0.39 is 11.5 Å². The Labute approximate surface area is 314 Å². The largest absolute Gasteiger partial charge is 0.506 e. The van der Waals surface area contributed by atoms with Crippen molar-refractivity contribution in [2.24, 2.45) is 5.92 Å². The van der Waals surface area contributed by atoms with Gasteiger partial charge in [-0.05, 0) is 112 Å². The number of hydrogen-bond acceptors (Lipinski definition) is 9. The van der Waals surface area contributed by atoms with Crippen molar-refractivity contribution in [3.05, 3.63) is 111 Å². The fraction of sp³-hybridized carbons (Fsp3) is 0.429. The number of likely N-dealkylation sites (tertiary alicyclic amines) is 1. The second-order valence-corrected chi connectivity index (χ2v) is 14.9. The van der Waals surface area contributed by atoms with Crippen LogP contribution in [0.15, 0.2) is 83.7 Å². The summed E-state index contributed by atoms with van der Waals surface area (Å²) in [6.07, 6.45) is 3.68. The number of phenols is 1. The minimum atomic E-state index is -0.838. The number of aliphatic hydroxyl groups excluding tert-OH is 1. The van der Waals surface area contributed by atoms with Gasteiger partial charge in [-0.15, -0.1) is 0 Å². The van der Waals surface area contributed by atoms with E-state index in [1.54, 1.807) is 41.3 Å². The fourth-order valence-corrected chi connectivity index (χ4v) is 8.28. The summed E-state index contributed by atoms with van der Waals surface area (Å²) in [7, 11) is 0. The normalized spacial score (nSPS) is 21.1. The number of benzene rings is 3. The zero-order chi connectivity index (χ0) is 37.7. The van der Waals surface area contributed by atoms with Crippen LogP contribution in [0.3, 0.4) is 0 Å². The van der Waals surface area contributed by atoms with Crippen molar-refractivity contribution < 1.29 is 29.3 Å². The van der Waals surface area contributed by atoms with Gasteiger partial charge in [0.2, 0.25) is 5.56 Å². The molecule has 2 amide bonds. The van der Waals surface area contributed by atoms with E-state index in [-0.39, 0.29) is 41.7 Å². The number of aromatic nitrogens is 1. The molecular formula is C42H49N5O7. The first-order valence-electron chi connectivity index (χ1n) is 19.1. The van der Waals surface area contributed by atoms with Gasteiger partial charge in [-0.3, -0.25) is 24.1 Å². The van der Waals surface area contributed by atoms with E-state index in [4.69, 9.17) is 4.74 Å². The molecule has 0 saturated carbocycles. The number of nitrogens with one attached hydrogen (secondary N) is 3. The lowest BCUT2D eigenvalue weighted by Gasteiger charge is -2.46. The lowest BCUT2D eigenvalue weighted by Crippen LogP contribution is -2.55. The molecule has 3 aromatic carbocycles. The van der Waals surface area contributed by atoms with Gasteiger partial charge in [0, 0.05) is 55.3 Å². The van der Waals surface area contributed by atoms with E-state index in [0.717, 1.165) is 50.9 Å². The van der Waals surface area contributed by atoms with Crippen molar-refractivity contribution in [1.82, 2.24) is 25.4 Å². The Bertz CT molecular complexity index is 2000.